The van der Waals surface area contributed by atoms with Gasteiger partial charge in [0.25, 0.3) is 0 Å². The fourth-order valence-corrected chi connectivity index (χ4v) is 5.71. The van der Waals surface area contributed by atoms with Gasteiger partial charge in [-0.15, -0.1) is 0 Å². The molecule has 2 aliphatic heterocycles. The van der Waals surface area contributed by atoms with Crippen molar-refractivity contribution in [2.75, 3.05) is 7.11 Å². The van der Waals surface area contributed by atoms with E-state index in [4.69, 9.17) is 15.2 Å². The Kier molecular flexibility index (Phi) is 9.60. The smallest absolute Gasteiger partial charge is 0.328 e. The van der Waals surface area contributed by atoms with Gasteiger partial charge >= 0.3 is 5.97 Å². The van der Waals surface area contributed by atoms with Crippen molar-refractivity contribution in [2.24, 2.45) is 5.73 Å². The van der Waals surface area contributed by atoms with E-state index in [-0.39, 0.29) is 24.3 Å². The van der Waals surface area contributed by atoms with Crippen molar-refractivity contribution in [3.05, 3.63) is 47.9 Å². The minimum Gasteiger partial charge on any atom is -0.504 e. The molecule has 2 aromatic rings. The number of ether oxygens (including phenoxy) is 2. The summed E-state index contributed by atoms with van der Waals surface area (Å²) in [4.78, 5) is 38.3. The third kappa shape index (κ3) is 6.68. The number of nitrogens with one attached hydrogen (secondary N) is 2. The zero-order valence-electron chi connectivity index (χ0n) is 19.2. The molecule has 0 saturated carbocycles. The summed E-state index contributed by atoms with van der Waals surface area (Å²) in [6.45, 7) is 1.34. The maximum atomic E-state index is 13.0. The van der Waals surface area contributed by atoms with E-state index in [9.17, 15) is 24.6 Å². The number of benzene rings is 2. The highest BCUT2D eigenvalue weighted by Crippen LogP contribution is 2.42. The molecule has 4 atom stereocenters. The SMILES string of the molecule is COC(=O)C1Cc2cc(Br)c(c(Br)c2)Oc2cc(cc(I)c2O)C[C@H](N)C(=O)N[C@@H]([C@@H](C)O)C(=O)N1. The monoisotopic (exact) mass is 739 g/mol. The summed E-state index contributed by atoms with van der Waals surface area (Å²) < 4.78 is 12.4. The number of aromatic hydroxyl groups is 1. The number of phenolic OH excluding ortho intramolecular Hbond substituents is 1. The first-order valence-corrected chi connectivity index (χ1v) is 13.4. The van der Waals surface area contributed by atoms with Crippen molar-refractivity contribution >= 4 is 72.2 Å². The van der Waals surface area contributed by atoms with Crippen LogP contribution in [0.5, 0.6) is 17.2 Å². The Morgan fingerprint density at radius 1 is 1.14 bits per heavy atom. The third-order valence-electron chi connectivity index (χ3n) is 5.46. The highest BCUT2D eigenvalue weighted by atomic mass is 127. The Balaban J connectivity index is 2.13. The lowest BCUT2D eigenvalue weighted by atomic mass is 10.0. The van der Waals surface area contributed by atoms with Crippen LogP contribution in [0.3, 0.4) is 0 Å². The average molecular weight is 741 g/mol. The minimum atomic E-state index is -1.37. The molecule has 194 valence electrons. The molecule has 0 spiro atoms. The van der Waals surface area contributed by atoms with Gasteiger partial charge in [0.15, 0.2) is 17.2 Å². The summed E-state index contributed by atoms with van der Waals surface area (Å²) >= 11 is 8.87. The van der Waals surface area contributed by atoms with Crippen molar-refractivity contribution in [3.63, 3.8) is 0 Å². The normalized spacial score (nSPS) is 21.6. The summed E-state index contributed by atoms with van der Waals surface area (Å²) in [5.41, 5.74) is 7.34. The number of hydrogen-bond donors (Lipinski definition) is 5. The van der Waals surface area contributed by atoms with Crippen LogP contribution in [0.15, 0.2) is 33.2 Å². The second-order valence-corrected chi connectivity index (χ2v) is 11.1. The van der Waals surface area contributed by atoms with Gasteiger partial charge in [-0.25, -0.2) is 4.79 Å². The van der Waals surface area contributed by atoms with Gasteiger partial charge < -0.3 is 36.1 Å². The second-order valence-electron chi connectivity index (χ2n) is 8.24. The molecule has 36 heavy (non-hydrogen) atoms. The molecule has 6 N–H and O–H groups in total. The topological polar surface area (TPSA) is 160 Å². The number of methoxy groups -OCH3 is 1. The molecule has 2 aliphatic rings. The van der Waals surface area contributed by atoms with Crippen LogP contribution in [0.1, 0.15) is 18.1 Å². The van der Waals surface area contributed by atoms with E-state index in [0.717, 1.165) is 0 Å². The molecule has 2 amide bonds. The number of nitrogens with two attached hydrogens (primary N) is 1. The van der Waals surface area contributed by atoms with Crippen molar-refractivity contribution in [1.82, 2.24) is 10.6 Å². The van der Waals surface area contributed by atoms with Gasteiger partial charge in [-0.05, 0) is 103 Å². The Labute approximate surface area is 237 Å². The number of esters is 1. The highest BCUT2D eigenvalue weighted by molar-refractivity contribution is 14.1. The number of carbonyl (C=O) groups excluding carboxylic acids is 3. The molecule has 2 heterocycles. The van der Waals surface area contributed by atoms with Gasteiger partial charge in [-0.2, -0.15) is 0 Å². The largest absolute Gasteiger partial charge is 0.504 e. The molecule has 1 unspecified atom stereocenters. The number of halogens is 3. The summed E-state index contributed by atoms with van der Waals surface area (Å²) in [7, 11) is 1.19. The lowest BCUT2D eigenvalue weighted by Gasteiger charge is -2.25. The van der Waals surface area contributed by atoms with Crippen LogP contribution < -0.4 is 21.1 Å². The predicted molar refractivity (Wildman–Crippen MR) is 146 cm³/mol. The summed E-state index contributed by atoms with van der Waals surface area (Å²) in [6, 6.07) is 3.07. The van der Waals surface area contributed by atoms with Crippen molar-refractivity contribution in [2.45, 2.75) is 44.0 Å². The van der Waals surface area contributed by atoms with E-state index in [0.29, 0.717) is 29.4 Å². The van der Waals surface area contributed by atoms with Crippen LogP contribution in [-0.2, 0) is 32.0 Å². The maximum absolute atomic E-state index is 13.0. The number of fused-ring (bicyclic) bond motifs is 10. The van der Waals surface area contributed by atoms with Gasteiger partial charge in [0, 0.05) is 6.42 Å². The second kappa shape index (κ2) is 12.1. The van der Waals surface area contributed by atoms with E-state index >= 15 is 0 Å². The van der Waals surface area contributed by atoms with Crippen LogP contribution in [0.4, 0.5) is 0 Å². The molecular formula is C23H24Br2IN3O7. The number of carbonyl (C=O) groups is 3. The molecule has 0 fully saturated rings. The molecule has 4 rings (SSSR count). The summed E-state index contributed by atoms with van der Waals surface area (Å²) in [5, 5.41) is 25.8. The van der Waals surface area contributed by atoms with Crippen molar-refractivity contribution < 1.29 is 34.1 Å². The molecule has 0 aromatic heterocycles. The standard InChI is InChI=1S/C23H24Br2IN3O7/c1-9(30)18-22(33)28-16(23(34)35-2)7-10-3-12(24)20(13(25)4-10)36-17-8-11(5-14(26)19(17)31)6-15(27)21(32)29-18/h3-5,8-9,15-16,18,30-31H,6-7,27H2,1-2H3,(H,28,33)(H,29,32)/t9-,15+,16?,18+/m1/s1. The molecular weight excluding hydrogens is 717 g/mol. The Morgan fingerprint density at radius 2 is 1.75 bits per heavy atom. The molecule has 2 aromatic carbocycles. The molecule has 13 heteroatoms. The number of aliphatic hydroxyl groups is 1. The van der Waals surface area contributed by atoms with Gasteiger partial charge in [0.2, 0.25) is 11.8 Å². The van der Waals surface area contributed by atoms with E-state index < -0.39 is 42.0 Å². The molecule has 4 bridgehead atoms. The lowest BCUT2D eigenvalue weighted by Crippen LogP contribution is -2.58. The van der Waals surface area contributed by atoms with Gasteiger partial charge in [-0.1, -0.05) is 0 Å². The first-order valence-electron chi connectivity index (χ1n) is 10.7. The van der Waals surface area contributed by atoms with Crippen molar-refractivity contribution in [3.8, 4) is 17.2 Å². The number of amides is 2. The molecule has 0 radical (unpaired) electrons. The molecule has 0 aliphatic carbocycles. The molecule has 0 saturated heterocycles. The Morgan fingerprint density at radius 3 is 2.33 bits per heavy atom. The van der Waals surface area contributed by atoms with Crippen LogP contribution in [0.2, 0.25) is 0 Å². The number of aliphatic hydroxyl groups excluding tert-OH is 1. The zero-order valence-corrected chi connectivity index (χ0v) is 24.5. The Hall–Kier alpha value is -1.94. The predicted octanol–water partition coefficient (Wildman–Crippen LogP) is 2.26. The number of rotatable bonds is 2. The summed E-state index contributed by atoms with van der Waals surface area (Å²) in [6.07, 6.45) is -1.19. The van der Waals surface area contributed by atoms with E-state index in [2.05, 4.69) is 42.5 Å². The van der Waals surface area contributed by atoms with Crippen LogP contribution >= 0.6 is 54.5 Å². The average Bonchev–Trinajstić information content (AvgIpc) is 2.80. The Bertz CT molecular complexity index is 1170. The maximum Gasteiger partial charge on any atom is 0.328 e. The minimum absolute atomic E-state index is 0.0362. The van der Waals surface area contributed by atoms with E-state index in [1.54, 1.807) is 24.3 Å². The fraction of sp³-hybridized carbons (Fsp3) is 0.348. The quantitative estimate of drug-likeness (QED) is 0.232. The van der Waals surface area contributed by atoms with Crippen LogP contribution in [0, 0.1) is 3.57 Å². The third-order valence-corrected chi connectivity index (χ3v) is 7.46. The number of phenols is 1. The van der Waals surface area contributed by atoms with Crippen molar-refractivity contribution in [1.29, 1.82) is 0 Å². The van der Waals surface area contributed by atoms with Crippen LogP contribution in [0.25, 0.3) is 0 Å². The van der Waals surface area contributed by atoms with E-state index in [1.165, 1.54) is 14.0 Å². The van der Waals surface area contributed by atoms with Crippen LogP contribution in [-0.4, -0.2) is 59.3 Å². The first-order chi connectivity index (χ1) is 16.9. The molecule has 10 nitrogen and oxygen atoms in total. The zero-order chi connectivity index (χ0) is 26.7. The number of hydrogen-bond acceptors (Lipinski definition) is 8. The fourth-order valence-electron chi connectivity index (χ4n) is 3.61. The highest BCUT2D eigenvalue weighted by Gasteiger charge is 2.32. The van der Waals surface area contributed by atoms with E-state index in [1.807, 2.05) is 22.6 Å². The summed E-state index contributed by atoms with van der Waals surface area (Å²) in [5.74, 6) is -1.75. The first kappa shape index (κ1) is 28.6. The van der Waals surface area contributed by atoms with Gasteiger partial charge in [0.1, 0.15) is 12.1 Å². The van der Waals surface area contributed by atoms with Gasteiger partial charge in [0.05, 0.1) is 31.8 Å². The lowest BCUT2D eigenvalue weighted by molar-refractivity contribution is -0.145. The van der Waals surface area contributed by atoms with Gasteiger partial charge in [-0.3, -0.25) is 9.59 Å².